The molecule has 1 atom stereocenters. The number of methoxy groups -OCH3 is 1. The Balaban J connectivity index is 2.47. The van der Waals surface area contributed by atoms with E-state index in [2.05, 4.69) is 48.3 Å². The number of hydrogen-bond donors (Lipinski definition) is 0. The zero-order valence-corrected chi connectivity index (χ0v) is 22.9. The zero-order chi connectivity index (χ0) is 24.8. The van der Waals surface area contributed by atoms with Crippen LogP contribution >= 0.6 is 34.2 Å². The molecule has 2 rings (SSSR count). The number of esters is 1. The van der Waals surface area contributed by atoms with Crippen LogP contribution in [0.15, 0.2) is 23.1 Å². The molecule has 2 aromatic heterocycles. The lowest BCUT2D eigenvalue weighted by Crippen LogP contribution is -2.31. The highest BCUT2D eigenvalue weighted by Gasteiger charge is 2.30. The van der Waals surface area contributed by atoms with E-state index in [1.54, 1.807) is 27.2 Å². The van der Waals surface area contributed by atoms with E-state index in [9.17, 15) is 9.59 Å². The first-order valence-electron chi connectivity index (χ1n) is 10.9. The Bertz CT molecular complexity index is 1030. The molecule has 0 aliphatic heterocycles. The van der Waals surface area contributed by atoms with Crippen molar-refractivity contribution in [2.75, 3.05) is 26.9 Å². The minimum atomic E-state index is -0.600. The van der Waals surface area contributed by atoms with Gasteiger partial charge in [0.1, 0.15) is 9.26 Å². The Morgan fingerprint density at radius 3 is 2.61 bits per heavy atom. The highest BCUT2D eigenvalue weighted by Crippen LogP contribution is 2.37. The number of carbonyl (C=O) groups is 1. The van der Waals surface area contributed by atoms with E-state index in [0.717, 1.165) is 15.7 Å². The van der Waals surface area contributed by atoms with Gasteiger partial charge in [-0.2, -0.15) is 0 Å². The van der Waals surface area contributed by atoms with Crippen LogP contribution in [-0.2, 0) is 15.9 Å². The molecule has 9 heteroatoms. The molecule has 0 saturated heterocycles. The number of nitrogens with zero attached hydrogens (tertiary/aromatic N) is 2. The van der Waals surface area contributed by atoms with E-state index in [1.807, 2.05) is 10.6 Å². The summed E-state index contributed by atoms with van der Waals surface area (Å²) in [5, 5.41) is 0.317. The third-order valence-corrected chi connectivity index (χ3v) is 6.54. The minimum Gasteiger partial charge on any atom is -0.490 e. The molecule has 182 valence electrons. The lowest BCUT2D eigenvalue weighted by molar-refractivity contribution is 0.0521. The van der Waals surface area contributed by atoms with Crippen LogP contribution in [0.5, 0.6) is 5.75 Å². The minimum absolute atomic E-state index is 0.0692. The third kappa shape index (κ3) is 7.16. The van der Waals surface area contributed by atoms with E-state index in [0.29, 0.717) is 36.2 Å². The van der Waals surface area contributed by atoms with Crippen molar-refractivity contribution < 1.29 is 19.0 Å². The molecule has 0 radical (unpaired) electrons. The average Bonchev–Trinajstić information content (AvgIpc) is 2.72. The van der Waals surface area contributed by atoms with Crippen molar-refractivity contribution in [2.45, 2.75) is 53.5 Å². The monoisotopic (exact) mass is 590 g/mol. The summed E-state index contributed by atoms with van der Waals surface area (Å²) in [6, 6.07) is 3.27. The second-order valence-electron chi connectivity index (χ2n) is 8.78. The van der Waals surface area contributed by atoms with Gasteiger partial charge in [0.2, 0.25) is 0 Å². The van der Waals surface area contributed by atoms with E-state index in [-0.39, 0.29) is 29.1 Å². The van der Waals surface area contributed by atoms with Crippen molar-refractivity contribution in [2.24, 2.45) is 5.41 Å². The number of pyridine rings is 2. The SMILES string of the molecule is CCOC(=O)c1c(C)n([C@@H](Cc2cc(OCCCOC)c(Cl)nc2I)C(C)(C)C)ccc1=O. The summed E-state index contributed by atoms with van der Waals surface area (Å²) in [7, 11) is 1.65. The Kier molecular flexibility index (Phi) is 10.2. The van der Waals surface area contributed by atoms with Crippen LogP contribution in [-0.4, -0.2) is 42.5 Å². The molecule has 7 nitrogen and oxygen atoms in total. The number of halogens is 2. The van der Waals surface area contributed by atoms with Gasteiger partial charge in [-0.15, -0.1) is 0 Å². The molecule has 0 fully saturated rings. The summed E-state index contributed by atoms with van der Waals surface area (Å²) in [5.74, 6) is -0.0730. The molecule has 0 aliphatic carbocycles. The van der Waals surface area contributed by atoms with Gasteiger partial charge in [0.15, 0.2) is 16.3 Å². The lowest BCUT2D eigenvalue weighted by atomic mass is 9.82. The van der Waals surface area contributed by atoms with E-state index >= 15 is 0 Å². The predicted molar refractivity (Wildman–Crippen MR) is 138 cm³/mol. The zero-order valence-electron chi connectivity index (χ0n) is 20.0. The second kappa shape index (κ2) is 12.2. The maximum Gasteiger partial charge on any atom is 0.343 e. The highest BCUT2D eigenvalue weighted by atomic mass is 127. The van der Waals surface area contributed by atoms with Gasteiger partial charge in [-0.1, -0.05) is 32.4 Å². The molecule has 0 amide bonds. The first-order valence-corrected chi connectivity index (χ1v) is 12.3. The molecule has 2 aromatic rings. The van der Waals surface area contributed by atoms with Crippen LogP contribution in [0.1, 0.15) is 61.8 Å². The van der Waals surface area contributed by atoms with Crippen molar-refractivity contribution in [3.05, 3.63) is 54.2 Å². The fraction of sp³-hybridized carbons (Fsp3) is 0.542. The lowest BCUT2D eigenvalue weighted by Gasteiger charge is -2.35. The summed E-state index contributed by atoms with van der Waals surface area (Å²) in [5.41, 5.74) is 1.07. The van der Waals surface area contributed by atoms with Crippen LogP contribution < -0.4 is 10.2 Å². The summed E-state index contributed by atoms with van der Waals surface area (Å²) >= 11 is 8.49. The molecule has 0 spiro atoms. The van der Waals surface area contributed by atoms with Crippen LogP contribution in [0, 0.1) is 16.0 Å². The summed E-state index contributed by atoms with van der Waals surface area (Å²) < 4.78 is 18.8. The fourth-order valence-corrected chi connectivity index (χ4v) is 4.54. The van der Waals surface area contributed by atoms with Crippen LogP contribution in [0.3, 0.4) is 0 Å². The summed E-state index contributed by atoms with van der Waals surface area (Å²) in [6.45, 7) is 11.1. The van der Waals surface area contributed by atoms with Crippen LogP contribution in [0.4, 0.5) is 0 Å². The van der Waals surface area contributed by atoms with Gasteiger partial charge in [0.05, 0.1) is 13.2 Å². The average molecular weight is 591 g/mol. The van der Waals surface area contributed by atoms with Crippen molar-refractivity contribution in [1.29, 1.82) is 0 Å². The van der Waals surface area contributed by atoms with Crippen LogP contribution in [0.2, 0.25) is 5.15 Å². The first-order chi connectivity index (χ1) is 15.5. The molecular weight excluding hydrogens is 559 g/mol. The van der Waals surface area contributed by atoms with Gasteiger partial charge >= 0.3 is 5.97 Å². The van der Waals surface area contributed by atoms with Gasteiger partial charge in [-0.05, 0) is 59.9 Å². The van der Waals surface area contributed by atoms with E-state index < -0.39 is 5.97 Å². The largest absolute Gasteiger partial charge is 0.490 e. The molecular formula is C24H32ClIN2O5. The van der Waals surface area contributed by atoms with Crippen molar-refractivity contribution in [3.63, 3.8) is 0 Å². The molecule has 33 heavy (non-hydrogen) atoms. The molecule has 0 aliphatic rings. The number of hydrogen-bond acceptors (Lipinski definition) is 6. The third-order valence-electron chi connectivity index (χ3n) is 5.33. The molecule has 2 heterocycles. The van der Waals surface area contributed by atoms with Crippen molar-refractivity contribution >= 4 is 40.2 Å². The van der Waals surface area contributed by atoms with E-state index in [1.165, 1.54) is 6.07 Å². The summed E-state index contributed by atoms with van der Waals surface area (Å²) in [6.07, 6.45) is 3.09. The standard InChI is InChI=1S/C24H32ClIN2O5/c1-7-32-23(30)20-15(2)28(10-9-17(20)29)19(24(3,4)5)14-16-13-18(21(25)27-22(16)26)33-12-8-11-31-6/h9-10,13,19H,7-8,11-12,14H2,1-6H3/t19-/m0/s1. The number of carbonyl (C=O) groups excluding carboxylic acids is 1. The van der Waals surface area contributed by atoms with E-state index in [4.69, 9.17) is 25.8 Å². The predicted octanol–water partition coefficient (Wildman–Crippen LogP) is 5.23. The quantitative estimate of drug-likeness (QED) is 0.163. The first kappa shape index (κ1) is 27.6. The maximum atomic E-state index is 12.5. The Morgan fingerprint density at radius 2 is 2.00 bits per heavy atom. The molecule has 0 saturated carbocycles. The molecule has 0 aromatic carbocycles. The number of rotatable bonds is 10. The highest BCUT2D eigenvalue weighted by molar-refractivity contribution is 14.1. The number of aromatic nitrogens is 2. The fourth-order valence-electron chi connectivity index (χ4n) is 3.59. The van der Waals surface area contributed by atoms with Gasteiger partial charge < -0.3 is 18.8 Å². The topological polar surface area (TPSA) is 79.7 Å². The van der Waals surface area contributed by atoms with Gasteiger partial charge in [0.25, 0.3) is 0 Å². The Hall–Kier alpha value is -1.65. The molecule has 0 unspecified atom stereocenters. The Labute approximate surface area is 213 Å². The number of ether oxygens (including phenoxy) is 3. The summed E-state index contributed by atoms with van der Waals surface area (Å²) in [4.78, 5) is 29.4. The maximum absolute atomic E-state index is 12.5. The smallest absolute Gasteiger partial charge is 0.343 e. The van der Waals surface area contributed by atoms with Gasteiger partial charge in [-0.3, -0.25) is 4.79 Å². The molecule has 0 bridgehead atoms. The van der Waals surface area contributed by atoms with Crippen molar-refractivity contribution in [3.8, 4) is 5.75 Å². The van der Waals surface area contributed by atoms with Gasteiger partial charge in [0, 0.05) is 44.1 Å². The normalized spacial score (nSPS) is 12.5. The van der Waals surface area contributed by atoms with Crippen LogP contribution in [0.25, 0.3) is 0 Å². The van der Waals surface area contributed by atoms with Crippen molar-refractivity contribution in [1.82, 2.24) is 9.55 Å². The molecule has 0 N–H and O–H groups in total. The second-order valence-corrected chi connectivity index (χ2v) is 10.2. The Morgan fingerprint density at radius 1 is 1.30 bits per heavy atom. The van der Waals surface area contributed by atoms with Gasteiger partial charge in [-0.25, -0.2) is 9.78 Å².